The minimum Gasteiger partial charge on any atom is -0.497 e. The Balaban J connectivity index is 0.732. The molecule has 0 saturated carbocycles. The van der Waals surface area contributed by atoms with Crippen molar-refractivity contribution in [3.05, 3.63) is 155 Å². The van der Waals surface area contributed by atoms with E-state index in [4.69, 9.17) is 18.9 Å². The number of aromatic amines is 2. The molecule has 4 aromatic carbocycles. The van der Waals surface area contributed by atoms with Gasteiger partial charge in [0.2, 0.25) is 0 Å². The molecule has 2 N–H and O–H groups in total. The van der Waals surface area contributed by atoms with Crippen molar-refractivity contribution < 1.29 is 27.4 Å². The first-order valence-corrected chi connectivity index (χ1v) is 21.7. The summed E-state index contributed by atoms with van der Waals surface area (Å²) in [5, 5.41) is 0.840. The van der Waals surface area contributed by atoms with Crippen molar-refractivity contribution in [1.29, 1.82) is 0 Å². The number of nitrogens with zero attached hydrogens (tertiary/aromatic N) is 4. The summed E-state index contributed by atoms with van der Waals surface area (Å²) in [5.41, 5.74) is 8.97. The maximum Gasteiger partial charge on any atom is 0.197 e. The second-order valence-electron chi connectivity index (χ2n) is 13.8. The molecule has 2 atom stereocenters. The van der Waals surface area contributed by atoms with Crippen molar-refractivity contribution in [2.45, 2.75) is 41.1 Å². The molecule has 4 heterocycles. The van der Waals surface area contributed by atoms with Gasteiger partial charge in [-0.25, -0.2) is 9.97 Å². The monoisotopic (exact) mass is 826 g/mol. The molecule has 12 nitrogen and oxygen atoms in total. The van der Waals surface area contributed by atoms with Crippen LogP contribution in [0.1, 0.15) is 33.6 Å². The van der Waals surface area contributed by atoms with Gasteiger partial charge in [0, 0.05) is 37.4 Å². The Kier molecular flexibility index (Phi) is 12.4. The first-order valence-electron chi connectivity index (χ1n) is 19.0. The van der Waals surface area contributed by atoms with E-state index in [1.165, 1.54) is 11.1 Å². The van der Waals surface area contributed by atoms with Crippen LogP contribution < -0.4 is 18.9 Å². The van der Waals surface area contributed by atoms with E-state index in [2.05, 4.69) is 54.2 Å². The molecule has 300 valence electrons. The number of rotatable bonds is 18. The molecule has 0 saturated heterocycles. The van der Waals surface area contributed by atoms with Crippen LogP contribution in [-0.4, -0.2) is 65.8 Å². The number of nitrogens with one attached hydrogen (secondary N) is 2. The number of hydrogen-bond acceptors (Lipinski definition) is 10. The summed E-state index contributed by atoms with van der Waals surface area (Å²) in [6, 6.07) is 35.2. The molecule has 0 fully saturated rings. The lowest BCUT2D eigenvalue weighted by atomic mass is 10.0. The lowest BCUT2D eigenvalue weighted by Crippen LogP contribution is -2.04. The average molecular weight is 827 g/mol. The maximum atomic E-state index is 13.0. The average Bonchev–Trinajstić information content (AvgIpc) is 3.91. The van der Waals surface area contributed by atoms with Gasteiger partial charge in [-0.2, -0.15) is 0 Å². The number of fused-ring (bicyclic) bond motifs is 2. The van der Waals surface area contributed by atoms with Crippen molar-refractivity contribution in [3.8, 4) is 23.0 Å². The van der Waals surface area contributed by atoms with Crippen molar-refractivity contribution in [2.75, 3.05) is 27.4 Å². The van der Waals surface area contributed by atoms with Crippen LogP contribution in [0.5, 0.6) is 23.0 Å². The van der Waals surface area contributed by atoms with Crippen LogP contribution in [0.15, 0.2) is 132 Å². The van der Waals surface area contributed by atoms with Gasteiger partial charge in [0.15, 0.2) is 10.3 Å². The van der Waals surface area contributed by atoms with Gasteiger partial charge in [-0.1, -0.05) is 36.4 Å². The van der Waals surface area contributed by atoms with E-state index in [1.54, 1.807) is 14.2 Å². The molecule has 0 radical (unpaired) electrons. The first-order chi connectivity index (χ1) is 28.9. The Morgan fingerprint density at radius 1 is 0.508 bits per heavy atom. The molecule has 0 spiro atoms. The van der Waals surface area contributed by atoms with E-state index < -0.39 is 21.6 Å². The second kappa shape index (κ2) is 18.5. The zero-order valence-electron chi connectivity index (χ0n) is 32.6. The summed E-state index contributed by atoms with van der Waals surface area (Å²) in [6.07, 6.45) is 5.82. The van der Waals surface area contributed by atoms with E-state index in [9.17, 15) is 8.42 Å². The summed E-state index contributed by atoms with van der Waals surface area (Å²) >= 11 is 0. The third-order valence-corrected chi connectivity index (χ3v) is 12.0. The molecule has 0 bridgehead atoms. The molecular weight excluding hydrogens is 785 g/mol. The SMILES string of the molecule is COc1ccc2nc(S(=O)Cc3ccc(CCOc4ccc(Cc5ccc(OCCc6ccc(CS(=O)c7nc8ccc(OC)cc8[nH]7)nc6)cc5)cc4)cn3)[nH]c2c1. The van der Waals surface area contributed by atoms with Crippen molar-refractivity contribution in [2.24, 2.45) is 0 Å². The number of benzene rings is 4. The van der Waals surface area contributed by atoms with Crippen molar-refractivity contribution in [3.63, 3.8) is 0 Å². The van der Waals surface area contributed by atoms with Crippen LogP contribution in [0, 0.1) is 0 Å². The van der Waals surface area contributed by atoms with E-state index in [0.29, 0.717) is 47.9 Å². The van der Waals surface area contributed by atoms with Gasteiger partial charge in [0.05, 0.1) is 94.0 Å². The van der Waals surface area contributed by atoms with Crippen LogP contribution in [0.2, 0.25) is 0 Å². The molecule has 0 aliphatic rings. The predicted molar refractivity (Wildman–Crippen MR) is 228 cm³/mol. The predicted octanol–water partition coefficient (Wildman–Crippen LogP) is 7.70. The number of H-pyrrole nitrogens is 2. The van der Waals surface area contributed by atoms with Crippen LogP contribution in [0.25, 0.3) is 22.1 Å². The third kappa shape index (κ3) is 10.2. The molecule has 2 unspecified atom stereocenters. The Morgan fingerprint density at radius 3 is 1.31 bits per heavy atom. The molecule has 8 rings (SSSR count). The van der Waals surface area contributed by atoms with E-state index >= 15 is 0 Å². The van der Waals surface area contributed by atoms with Gasteiger partial charge in [-0.05, 0) is 89.3 Å². The van der Waals surface area contributed by atoms with Crippen LogP contribution in [0.3, 0.4) is 0 Å². The highest BCUT2D eigenvalue weighted by molar-refractivity contribution is 7.84. The minimum absolute atomic E-state index is 0.268. The number of hydrogen-bond donors (Lipinski definition) is 2. The zero-order valence-corrected chi connectivity index (χ0v) is 34.2. The molecule has 0 amide bonds. The van der Waals surface area contributed by atoms with Crippen molar-refractivity contribution >= 4 is 43.7 Å². The normalized spacial score (nSPS) is 12.4. The maximum absolute atomic E-state index is 13.0. The topological polar surface area (TPSA) is 154 Å². The zero-order chi connectivity index (χ0) is 40.6. The summed E-state index contributed by atoms with van der Waals surface area (Å²) in [5.74, 6) is 3.58. The molecular formula is C45H42N6O6S2. The first kappa shape index (κ1) is 39.4. The molecule has 8 aromatic rings. The Labute approximate surface area is 346 Å². The number of ether oxygens (including phenoxy) is 4. The fourth-order valence-electron chi connectivity index (χ4n) is 6.40. The lowest BCUT2D eigenvalue weighted by Gasteiger charge is -2.09. The molecule has 0 aliphatic heterocycles. The highest BCUT2D eigenvalue weighted by Gasteiger charge is 2.14. The lowest BCUT2D eigenvalue weighted by molar-refractivity contribution is 0.321. The van der Waals surface area contributed by atoms with Gasteiger partial charge in [-0.15, -0.1) is 0 Å². The third-order valence-electron chi connectivity index (χ3n) is 9.67. The Bertz CT molecular complexity index is 2510. The van der Waals surface area contributed by atoms with E-state index in [0.717, 1.165) is 62.5 Å². The van der Waals surface area contributed by atoms with Crippen LogP contribution in [0.4, 0.5) is 0 Å². The number of pyridine rings is 2. The van der Waals surface area contributed by atoms with Crippen molar-refractivity contribution in [1.82, 2.24) is 29.9 Å². The summed E-state index contributed by atoms with van der Waals surface area (Å²) in [6.45, 7) is 1.03. The van der Waals surface area contributed by atoms with Gasteiger partial charge in [0.1, 0.15) is 23.0 Å². The number of imidazole rings is 2. The van der Waals surface area contributed by atoms with Gasteiger partial charge in [0.25, 0.3) is 0 Å². The second-order valence-corrected chi connectivity index (χ2v) is 16.5. The molecule has 14 heteroatoms. The van der Waals surface area contributed by atoms with Crippen LogP contribution in [-0.2, 0) is 52.4 Å². The molecule has 0 aliphatic carbocycles. The van der Waals surface area contributed by atoms with Gasteiger partial charge >= 0.3 is 0 Å². The summed E-state index contributed by atoms with van der Waals surface area (Å²) in [4.78, 5) is 24.2. The molecule has 4 aromatic heterocycles. The van der Waals surface area contributed by atoms with Gasteiger partial charge < -0.3 is 28.9 Å². The summed E-state index contributed by atoms with van der Waals surface area (Å²) in [7, 11) is 0.504. The largest absolute Gasteiger partial charge is 0.497 e. The Hall–Kier alpha value is -6.38. The number of methoxy groups -OCH3 is 2. The summed E-state index contributed by atoms with van der Waals surface area (Å²) < 4.78 is 48.5. The molecule has 59 heavy (non-hydrogen) atoms. The van der Waals surface area contributed by atoms with E-state index in [1.807, 2.05) is 97.3 Å². The van der Waals surface area contributed by atoms with Gasteiger partial charge in [-0.3, -0.25) is 18.4 Å². The highest BCUT2D eigenvalue weighted by Crippen LogP contribution is 2.23. The Morgan fingerprint density at radius 2 is 0.915 bits per heavy atom. The minimum atomic E-state index is -1.36. The standard InChI is InChI=1S/C45H42N6O6S2/c1-54-38-15-17-40-42(24-38)50-44(48-40)58(52)28-34-9-3-32(26-46-34)19-21-56-36-11-5-30(6-12-36)23-31-7-13-37(14-8-31)57-22-20-33-4-10-35(47-27-33)29-59(53)45-49-41-18-16-39(55-2)25-43(41)51-45/h3-18,24-27H,19-23,28-29H2,1-2H3,(H,48,50)(H,49,51). The smallest absolute Gasteiger partial charge is 0.197 e. The number of aromatic nitrogens is 6. The van der Waals surface area contributed by atoms with E-state index in [-0.39, 0.29) is 11.5 Å². The fourth-order valence-corrected chi connectivity index (χ4v) is 8.40. The van der Waals surface area contributed by atoms with Crippen LogP contribution >= 0.6 is 0 Å². The highest BCUT2D eigenvalue weighted by atomic mass is 32.2. The quantitative estimate of drug-likeness (QED) is 0.0880. The fraction of sp³-hybridized carbons (Fsp3) is 0.200.